The molecule has 0 aromatic heterocycles. The van der Waals surface area contributed by atoms with Crippen molar-refractivity contribution in [3.63, 3.8) is 0 Å². The van der Waals surface area contributed by atoms with Crippen molar-refractivity contribution in [1.29, 1.82) is 0 Å². The number of carbonyl (C=O) groups is 1. The van der Waals surface area contributed by atoms with Crippen molar-refractivity contribution in [2.45, 2.75) is 6.92 Å². The lowest BCUT2D eigenvalue weighted by Gasteiger charge is -2.21. The molecule has 0 radical (unpaired) electrons. The van der Waals surface area contributed by atoms with Crippen molar-refractivity contribution in [2.75, 3.05) is 13.2 Å². The number of fused-ring (bicyclic) bond motifs is 1. The summed E-state index contributed by atoms with van der Waals surface area (Å²) in [4.78, 5) is 10.6. The molecular formula is C16H16O6. The molecule has 0 saturated heterocycles. The first-order valence-electron chi connectivity index (χ1n) is 6.50. The Morgan fingerprint density at radius 3 is 2.95 bits per heavy atom. The van der Waals surface area contributed by atoms with Crippen LogP contribution >= 0.6 is 0 Å². The Hall–Kier alpha value is -2.89. The Labute approximate surface area is 127 Å². The second-order valence-electron chi connectivity index (χ2n) is 4.64. The van der Waals surface area contributed by atoms with E-state index in [0.29, 0.717) is 5.56 Å². The number of aliphatic hydroxyl groups excluding tert-OH is 1. The molecule has 1 aromatic carbocycles. The highest BCUT2D eigenvalue weighted by Crippen LogP contribution is 2.39. The van der Waals surface area contributed by atoms with Gasteiger partial charge in [0.1, 0.15) is 6.61 Å². The molecule has 1 aliphatic heterocycles. The normalized spacial score (nSPS) is 13.5. The minimum atomic E-state index is -1.10. The van der Waals surface area contributed by atoms with Gasteiger partial charge in [0.2, 0.25) is 0 Å². The van der Waals surface area contributed by atoms with Gasteiger partial charge >= 0.3 is 5.97 Å². The van der Waals surface area contributed by atoms with Gasteiger partial charge in [-0.05, 0) is 25.1 Å². The number of ether oxygens (including phenoxy) is 3. The molecule has 0 bridgehead atoms. The molecule has 116 valence electrons. The third-order valence-electron chi connectivity index (χ3n) is 2.76. The molecule has 0 spiro atoms. The first kappa shape index (κ1) is 15.5. The second-order valence-corrected chi connectivity index (χ2v) is 4.64. The van der Waals surface area contributed by atoms with Crippen LogP contribution in [0.25, 0.3) is 5.76 Å². The zero-order chi connectivity index (χ0) is 16.1. The maximum Gasteiger partial charge on any atom is 0.341 e. The molecule has 6 nitrogen and oxygen atoms in total. The van der Waals surface area contributed by atoms with Gasteiger partial charge in [-0.15, -0.1) is 0 Å². The number of aliphatic hydroxyl groups is 1. The van der Waals surface area contributed by atoms with Crippen molar-refractivity contribution >= 4 is 11.7 Å². The summed E-state index contributed by atoms with van der Waals surface area (Å²) < 4.78 is 16.0. The highest BCUT2D eigenvalue weighted by Gasteiger charge is 2.24. The summed E-state index contributed by atoms with van der Waals surface area (Å²) in [5.41, 5.74) is 1.19. The lowest BCUT2D eigenvalue weighted by atomic mass is 10.1. The number of rotatable bonds is 6. The summed E-state index contributed by atoms with van der Waals surface area (Å²) in [6, 6.07) is 4.83. The maximum atomic E-state index is 10.6. The first-order valence-corrected chi connectivity index (χ1v) is 6.50. The largest absolute Gasteiger partial charge is 0.504 e. The fourth-order valence-corrected chi connectivity index (χ4v) is 1.78. The number of para-hydroxylation sites is 1. The molecule has 0 unspecified atom stereocenters. The SMILES string of the molecule is C=C(C)C=COC1=C(O)c2cccc(OCC(=O)O)c2OC1. The molecule has 0 fully saturated rings. The third kappa shape index (κ3) is 3.60. The molecule has 0 aliphatic carbocycles. The van der Waals surface area contributed by atoms with Gasteiger partial charge in [-0.2, -0.15) is 0 Å². The van der Waals surface area contributed by atoms with Gasteiger partial charge in [0.15, 0.2) is 29.6 Å². The molecule has 1 aliphatic rings. The zero-order valence-corrected chi connectivity index (χ0v) is 12.0. The van der Waals surface area contributed by atoms with Crippen molar-refractivity contribution in [3.05, 3.63) is 54.0 Å². The fourth-order valence-electron chi connectivity index (χ4n) is 1.78. The molecule has 1 aromatic rings. The van der Waals surface area contributed by atoms with E-state index in [1.807, 2.05) is 6.92 Å². The minimum absolute atomic E-state index is 0.00675. The Morgan fingerprint density at radius 2 is 2.27 bits per heavy atom. The van der Waals surface area contributed by atoms with Crippen LogP contribution in [0.4, 0.5) is 0 Å². The second kappa shape index (κ2) is 6.71. The highest BCUT2D eigenvalue weighted by atomic mass is 16.6. The Balaban J connectivity index is 2.24. The molecule has 6 heteroatoms. The van der Waals surface area contributed by atoms with Crippen LogP contribution in [0, 0.1) is 0 Å². The lowest BCUT2D eigenvalue weighted by molar-refractivity contribution is -0.139. The van der Waals surface area contributed by atoms with E-state index in [9.17, 15) is 9.90 Å². The lowest BCUT2D eigenvalue weighted by Crippen LogP contribution is -2.15. The van der Waals surface area contributed by atoms with E-state index >= 15 is 0 Å². The molecule has 0 amide bonds. The average Bonchev–Trinajstić information content (AvgIpc) is 2.47. The van der Waals surface area contributed by atoms with Gasteiger partial charge in [-0.3, -0.25) is 0 Å². The third-order valence-corrected chi connectivity index (χ3v) is 2.76. The Morgan fingerprint density at radius 1 is 1.50 bits per heavy atom. The zero-order valence-electron chi connectivity index (χ0n) is 12.0. The van der Waals surface area contributed by atoms with Crippen LogP contribution in [0.1, 0.15) is 12.5 Å². The maximum absolute atomic E-state index is 10.6. The van der Waals surface area contributed by atoms with Crippen molar-refractivity contribution in [1.82, 2.24) is 0 Å². The molecule has 22 heavy (non-hydrogen) atoms. The monoisotopic (exact) mass is 304 g/mol. The van der Waals surface area contributed by atoms with Gasteiger partial charge in [0, 0.05) is 0 Å². The minimum Gasteiger partial charge on any atom is -0.504 e. The highest BCUT2D eigenvalue weighted by molar-refractivity contribution is 5.72. The Kier molecular flexibility index (Phi) is 4.73. The quantitative estimate of drug-likeness (QED) is 0.621. The fraction of sp³-hybridized carbons (Fsp3) is 0.188. The smallest absolute Gasteiger partial charge is 0.341 e. The van der Waals surface area contributed by atoms with Gasteiger partial charge in [-0.1, -0.05) is 18.2 Å². The van der Waals surface area contributed by atoms with E-state index in [0.717, 1.165) is 5.57 Å². The first-order chi connectivity index (χ1) is 10.5. The van der Waals surface area contributed by atoms with Crippen LogP contribution in [0.3, 0.4) is 0 Å². The number of allylic oxidation sites excluding steroid dienone is 2. The molecule has 0 atom stereocenters. The summed E-state index contributed by atoms with van der Waals surface area (Å²) in [5, 5.41) is 18.9. The van der Waals surface area contributed by atoms with E-state index in [1.54, 1.807) is 24.3 Å². The summed E-state index contributed by atoms with van der Waals surface area (Å²) in [7, 11) is 0. The van der Waals surface area contributed by atoms with Crippen LogP contribution in [0.2, 0.25) is 0 Å². The Bertz CT molecular complexity index is 657. The van der Waals surface area contributed by atoms with Crippen LogP contribution < -0.4 is 9.47 Å². The number of carboxylic acids is 1. The number of carboxylic acid groups (broad SMARTS) is 1. The van der Waals surface area contributed by atoms with Crippen molar-refractivity contribution < 1.29 is 29.2 Å². The van der Waals surface area contributed by atoms with E-state index in [1.165, 1.54) is 6.26 Å². The van der Waals surface area contributed by atoms with Gasteiger partial charge < -0.3 is 24.4 Å². The number of hydrogen-bond acceptors (Lipinski definition) is 5. The van der Waals surface area contributed by atoms with E-state index in [-0.39, 0.29) is 29.6 Å². The van der Waals surface area contributed by atoms with Gasteiger partial charge in [0.05, 0.1) is 11.8 Å². The van der Waals surface area contributed by atoms with E-state index in [2.05, 4.69) is 6.58 Å². The van der Waals surface area contributed by atoms with Crippen LogP contribution in [-0.4, -0.2) is 29.4 Å². The summed E-state index contributed by atoms with van der Waals surface area (Å²) in [6.45, 7) is 5.03. The molecule has 0 saturated carbocycles. The summed E-state index contributed by atoms with van der Waals surface area (Å²) in [6.07, 6.45) is 3.06. The molecule has 1 heterocycles. The molecule has 2 rings (SSSR count). The van der Waals surface area contributed by atoms with Crippen LogP contribution in [-0.2, 0) is 9.53 Å². The van der Waals surface area contributed by atoms with Gasteiger partial charge in [0.25, 0.3) is 0 Å². The van der Waals surface area contributed by atoms with Crippen molar-refractivity contribution in [3.8, 4) is 11.5 Å². The van der Waals surface area contributed by atoms with Crippen molar-refractivity contribution in [2.24, 2.45) is 0 Å². The standard InChI is InChI=1S/C16H16O6/c1-10(2)6-7-20-13-8-22-16-11(15(13)19)4-3-5-12(16)21-9-14(17)18/h3-7,19H,1,8-9H2,2H3,(H,17,18). The number of benzene rings is 1. The molecular weight excluding hydrogens is 288 g/mol. The van der Waals surface area contributed by atoms with Gasteiger partial charge in [-0.25, -0.2) is 4.79 Å². The summed E-state index contributed by atoms with van der Waals surface area (Å²) >= 11 is 0. The molecule has 2 N–H and O–H groups in total. The topological polar surface area (TPSA) is 85.2 Å². The predicted molar refractivity (Wildman–Crippen MR) is 79.7 cm³/mol. The van der Waals surface area contributed by atoms with E-state index in [4.69, 9.17) is 19.3 Å². The van der Waals surface area contributed by atoms with Crippen LogP contribution in [0.5, 0.6) is 11.5 Å². The predicted octanol–water partition coefficient (Wildman–Crippen LogP) is 2.88. The van der Waals surface area contributed by atoms with E-state index < -0.39 is 12.6 Å². The summed E-state index contributed by atoms with van der Waals surface area (Å²) in [5.74, 6) is -0.378. The number of hydrogen-bond donors (Lipinski definition) is 2. The average molecular weight is 304 g/mol. The number of aliphatic carboxylic acids is 1. The van der Waals surface area contributed by atoms with Crippen LogP contribution in [0.15, 0.2) is 48.4 Å².